The summed E-state index contributed by atoms with van der Waals surface area (Å²) in [4.78, 5) is 43.7. The van der Waals surface area contributed by atoms with Crippen LogP contribution >= 0.6 is 0 Å². The van der Waals surface area contributed by atoms with Gasteiger partial charge in [0.05, 0.1) is 24.3 Å². The van der Waals surface area contributed by atoms with Gasteiger partial charge in [-0.15, -0.1) is 0 Å². The van der Waals surface area contributed by atoms with Crippen LogP contribution in [0.15, 0.2) is 42.5 Å². The van der Waals surface area contributed by atoms with Gasteiger partial charge in [-0.05, 0) is 55.1 Å². The van der Waals surface area contributed by atoms with Gasteiger partial charge in [0, 0.05) is 32.3 Å². The number of hydrogen-bond donors (Lipinski definition) is 0. The molecular formula is C27H31N3O5. The minimum atomic E-state index is -0.416. The lowest BCUT2D eigenvalue weighted by Gasteiger charge is -2.32. The Bertz CT molecular complexity index is 1100. The van der Waals surface area contributed by atoms with Gasteiger partial charge in [0.2, 0.25) is 5.91 Å². The molecule has 1 unspecified atom stereocenters. The zero-order chi connectivity index (χ0) is 24.4. The first kappa shape index (κ1) is 23.5. The highest BCUT2D eigenvalue weighted by Crippen LogP contribution is 2.27. The van der Waals surface area contributed by atoms with Crippen molar-refractivity contribution in [2.24, 2.45) is 5.92 Å². The predicted octanol–water partition coefficient (Wildman–Crippen LogP) is 2.56. The van der Waals surface area contributed by atoms with Crippen LogP contribution in [0, 0.1) is 5.92 Å². The topological polar surface area (TPSA) is 79.4 Å². The van der Waals surface area contributed by atoms with E-state index in [0.29, 0.717) is 36.7 Å². The summed E-state index contributed by atoms with van der Waals surface area (Å²) >= 11 is 0. The molecule has 35 heavy (non-hydrogen) atoms. The number of piperidine rings is 1. The van der Waals surface area contributed by atoms with Gasteiger partial charge in [0.1, 0.15) is 18.9 Å². The Morgan fingerprint density at radius 3 is 2.60 bits per heavy atom. The molecule has 0 aliphatic carbocycles. The van der Waals surface area contributed by atoms with Gasteiger partial charge in [0.15, 0.2) is 0 Å². The van der Waals surface area contributed by atoms with E-state index in [2.05, 4.69) is 17.0 Å². The van der Waals surface area contributed by atoms with Crippen LogP contribution in [0.5, 0.6) is 5.75 Å². The molecule has 0 radical (unpaired) electrons. The van der Waals surface area contributed by atoms with Crippen molar-refractivity contribution in [3.8, 4) is 5.75 Å². The third-order valence-corrected chi connectivity index (χ3v) is 7.04. The van der Waals surface area contributed by atoms with Crippen molar-refractivity contribution < 1.29 is 23.9 Å². The zero-order valence-corrected chi connectivity index (χ0v) is 20.1. The highest BCUT2D eigenvalue weighted by atomic mass is 16.5. The predicted molar refractivity (Wildman–Crippen MR) is 129 cm³/mol. The third kappa shape index (κ3) is 4.94. The molecule has 3 aliphatic rings. The molecule has 8 nitrogen and oxygen atoms in total. The minimum absolute atomic E-state index is 0.264. The highest BCUT2D eigenvalue weighted by Gasteiger charge is 2.37. The summed E-state index contributed by atoms with van der Waals surface area (Å²) < 4.78 is 11.3. The van der Waals surface area contributed by atoms with Crippen molar-refractivity contribution in [2.75, 3.05) is 46.5 Å². The van der Waals surface area contributed by atoms with Gasteiger partial charge >= 0.3 is 0 Å². The Hall–Kier alpha value is -3.23. The van der Waals surface area contributed by atoms with Gasteiger partial charge in [-0.3, -0.25) is 24.2 Å². The van der Waals surface area contributed by atoms with E-state index in [4.69, 9.17) is 9.47 Å². The van der Waals surface area contributed by atoms with Crippen LogP contribution < -0.4 is 4.74 Å². The third-order valence-electron chi connectivity index (χ3n) is 7.04. The lowest BCUT2D eigenvalue weighted by Crippen LogP contribution is -2.43. The fourth-order valence-electron chi connectivity index (χ4n) is 5.30. The number of hydrogen-bond acceptors (Lipinski definition) is 6. The van der Waals surface area contributed by atoms with E-state index in [9.17, 15) is 14.4 Å². The summed E-state index contributed by atoms with van der Waals surface area (Å²) in [6.45, 7) is 4.61. The quantitative estimate of drug-likeness (QED) is 0.595. The van der Waals surface area contributed by atoms with Crippen LogP contribution in [-0.2, 0) is 22.6 Å². The van der Waals surface area contributed by atoms with Gasteiger partial charge in [-0.1, -0.05) is 18.2 Å². The molecule has 1 saturated heterocycles. The molecule has 0 bridgehead atoms. The molecule has 1 atom stereocenters. The van der Waals surface area contributed by atoms with Crippen molar-refractivity contribution in [1.29, 1.82) is 0 Å². The van der Waals surface area contributed by atoms with Crippen LogP contribution in [0.25, 0.3) is 0 Å². The smallest absolute Gasteiger partial charge is 0.262 e. The first-order valence-corrected chi connectivity index (χ1v) is 12.2. The van der Waals surface area contributed by atoms with Gasteiger partial charge in [-0.2, -0.15) is 0 Å². The van der Waals surface area contributed by atoms with E-state index in [0.717, 1.165) is 42.5 Å². The largest absolute Gasteiger partial charge is 0.491 e. The standard InChI is InChI=1S/C27H31N3O5/c1-34-18-20-5-4-10-28(15-20)14-19-8-9-24-21(13-19)16-29(11-12-35-24)25(31)17-30-26(32)22-6-2-3-7-23(22)27(30)33/h2-3,6-9,13,20H,4-5,10-12,14-18H2,1H3. The van der Waals surface area contributed by atoms with Crippen LogP contribution in [0.2, 0.25) is 0 Å². The van der Waals surface area contributed by atoms with E-state index in [-0.39, 0.29) is 12.5 Å². The molecule has 1 fully saturated rings. The fourth-order valence-corrected chi connectivity index (χ4v) is 5.30. The monoisotopic (exact) mass is 477 g/mol. The van der Waals surface area contributed by atoms with E-state index >= 15 is 0 Å². The average Bonchev–Trinajstić information content (AvgIpc) is 3.00. The minimum Gasteiger partial charge on any atom is -0.491 e. The van der Waals surface area contributed by atoms with Crippen LogP contribution in [0.1, 0.15) is 44.7 Å². The Balaban J connectivity index is 1.25. The number of methoxy groups -OCH3 is 1. The second-order valence-corrected chi connectivity index (χ2v) is 9.55. The second-order valence-electron chi connectivity index (χ2n) is 9.55. The maximum Gasteiger partial charge on any atom is 0.262 e. The van der Waals surface area contributed by atoms with Gasteiger partial charge < -0.3 is 14.4 Å². The molecule has 3 amide bonds. The summed E-state index contributed by atoms with van der Waals surface area (Å²) in [5, 5.41) is 0. The van der Waals surface area contributed by atoms with Crippen LogP contribution in [0.3, 0.4) is 0 Å². The van der Waals surface area contributed by atoms with Crippen molar-refractivity contribution in [1.82, 2.24) is 14.7 Å². The lowest BCUT2D eigenvalue weighted by molar-refractivity contribution is -0.132. The number of carbonyl (C=O) groups excluding carboxylic acids is 3. The first-order chi connectivity index (χ1) is 17.0. The van der Waals surface area contributed by atoms with Gasteiger partial charge in [-0.25, -0.2) is 0 Å². The molecular weight excluding hydrogens is 446 g/mol. The van der Waals surface area contributed by atoms with E-state index in [1.807, 2.05) is 6.07 Å². The maximum atomic E-state index is 13.2. The molecule has 0 N–H and O–H groups in total. The number of benzene rings is 2. The van der Waals surface area contributed by atoms with Crippen molar-refractivity contribution in [3.05, 3.63) is 64.7 Å². The summed E-state index contributed by atoms with van der Waals surface area (Å²) in [5.74, 6) is 0.246. The molecule has 184 valence electrons. The van der Waals surface area contributed by atoms with E-state index in [1.165, 1.54) is 18.4 Å². The van der Waals surface area contributed by atoms with Crippen molar-refractivity contribution in [3.63, 3.8) is 0 Å². The first-order valence-electron chi connectivity index (χ1n) is 12.2. The summed E-state index contributed by atoms with van der Waals surface area (Å²) in [7, 11) is 1.76. The number of nitrogens with zero attached hydrogens (tertiary/aromatic N) is 3. The number of likely N-dealkylation sites (tertiary alicyclic amines) is 1. The number of rotatable bonds is 6. The normalized spacial score (nSPS) is 20.3. The maximum absolute atomic E-state index is 13.2. The summed E-state index contributed by atoms with van der Waals surface area (Å²) in [6, 6.07) is 12.9. The fraction of sp³-hybridized carbons (Fsp3) is 0.444. The Morgan fingerprint density at radius 1 is 1.09 bits per heavy atom. The lowest BCUT2D eigenvalue weighted by atomic mass is 9.98. The van der Waals surface area contributed by atoms with Crippen LogP contribution in [-0.4, -0.2) is 78.9 Å². The molecule has 3 aliphatic heterocycles. The molecule has 2 aromatic rings. The summed E-state index contributed by atoms with van der Waals surface area (Å²) in [6.07, 6.45) is 2.37. The number of ether oxygens (including phenoxy) is 2. The zero-order valence-electron chi connectivity index (χ0n) is 20.1. The number of imide groups is 1. The Morgan fingerprint density at radius 2 is 1.86 bits per heavy atom. The molecule has 2 aromatic carbocycles. The van der Waals surface area contributed by atoms with E-state index in [1.54, 1.807) is 36.3 Å². The van der Waals surface area contributed by atoms with Gasteiger partial charge in [0.25, 0.3) is 11.8 Å². The van der Waals surface area contributed by atoms with Crippen molar-refractivity contribution in [2.45, 2.75) is 25.9 Å². The summed E-state index contributed by atoms with van der Waals surface area (Å²) in [5.41, 5.74) is 2.83. The second kappa shape index (κ2) is 10.2. The Kier molecular flexibility index (Phi) is 6.83. The Labute approximate surface area is 205 Å². The molecule has 5 rings (SSSR count). The molecule has 0 spiro atoms. The SMILES string of the molecule is COCC1CCCN(Cc2ccc3c(c2)CN(C(=O)CN2C(=O)c4ccccc4C2=O)CCO3)C1. The molecule has 3 heterocycles. The molecule has 8 heteroatoms. The number of carbonyl (C=O) groups is 3. The number of amides is 3. The van der Waals surface area contributed by atoms with Crippen LogP contribution in [0.4, 0.5) is 0 Å². The van der Waals surface area contributed by atoms with Crippen molar-refractivity contribution >= 4 is 17.7 Å². The highest BCUT2D eigenvalue weighted by molar-refractivity contribution is 6.22. The van der Waals surface area contributed by atoms with E-state index < -0.39 is 11.8 Å². The molecule has 0 saturated carbocycles. The average molecular weight is 478 g/mol. The molecule has 0 aromatic heterocycles. The number of fused-ring (bicyclic) bond motifs is 2.